The first kappa shape index (κ1) is 13.9. The van der Waals surface area contributed by atoms with Crippen molar-refractivity contribution in [3.05, 3.63) is 29.8 Å². The van der Waals surface area contributed by atoms with Crippen LogP contribution in [0.25, 0.3) is 0 Å². The second-order valence-electron chi connectivity index (χ2n) is 8.18. The summed E-state index contributed by atoms with van der Waals surface area (Å²) < 4.78 is 0. The normalized spacial score (nSPS) is 32.5. The minimum atomic E-state index is 0.517. The SMILES string of the molecule is CC1(C)CC2CC(C)(CN2CCc2cccc(N)c2)C1. The highest BCUT2D eigenvalue weighted by Gasteiger charge is 2.49. The smallest absolute Gasteiger partial charge is 0.0316 e. The molecule has 1 heterocycles. The first-order chi connectivity index (χ1) is 9.35. The fourth-order valence-corrected chi connectivity index (χ4v) is 4.86. The van der Waals surface area contributed by atoms with Gasteiger partial charge < -0.3 is 5.73 Å². The molecule has 2 unspecified atom stereocenters. The zero-order chi connectivity index (χ0) is 14.4. The van der Waals surface area contributed by atoms with Gasteiger partial charge in [0.2, 0.25) is 0 Å². The Hall–Kier alpha value is -1.02. The standard InChI is InChI=1S/C18H28N2/c1-17(2)10-16-11-18(3,12-17)13-20(16)8-7-14-5-4-6-15(19)9-14/h4-6,9,16H,7-8,10-13,19H2,1-3H3. The van der Waals surface area contributed by atoms with E-state index in [9.17, 15) is 0 Å². The Kier molecular flexibility index (Phi) is 3.32. The third kappa shape index (κ3) is 2.85. The lowest BCUT2D eigenvalue weighted by Crippen LogP contribution is -2.35. The average Bonchev–Trinajstić information content (AvgIpc) is 2.55. The van der Waals surface area contributed by atoms with Gasteiger partial charge in [-0.25, -0.2) is 0 Å². The summed E-state index contributed by atoms with van der Waals surface area (Å²) in [5, 5.41) is 0. The number of benzene rings is 1. The molecular weight excluding hydrogens is 244 g/mol. The molecule has 2 atom stereocenters. The fourth-order valence-electron chi connectivity index (χ4n) is 4.86. The third-order valence-electron chi connectivity index (χ3n) is 5.16. The van der Waals surface area contributed by atoms with E-state index in [2.05, 4.69) is 43.9 Å². The number of hydrogen-bond donors (Lipinski definition) is 1. The van der Waals surface area contributed by atoms with Gasteiger partial charge in [-0.2, -0.15) is 0 Å². The highest BCUT2D eigenvalue weighted by atomic mass is 15.2. The summed E-state index contributed by atoms with van der Waals surface area (Å²) in [6.07, 6.45) is 5.26. The van der Waals surface area contributed by atoms with Gasteiger partial charge >= 0.3 is 0 Å². The lowest BCUT2D eigenvalue weighted by Gasteiger charge is -2.40. The Bertz CT molecular complexity index is 494. The van der Waals surface area contributed by atoms with E-state index in [0.29, 0.717) is 10.8 Å². The highest BCUT2D eigenvalue weighted by Crippen LogP contribution is 2.52. The Balaban J connectivity index is 1.65. The van der Waals surface area contributed by atoms with Crippen molar-refractivity contribution in [2.24, 2.45) is 10.8 Å². The van der Waals surface area contributed by atoms with E-state index in [1.165, 1.54) is 37.9 Å². The molecule has 1 aromatic carbocycles. The van der Waals surface area contributed by atoms with Crippen LogP contribution in [0.5, 0.6) is 0 Å². The zero-order valence-electron chi connectivity index (χ0n) is 13.2. The molecule has 2 aliphatic rings. The van der Waals surface area contributed by atoms with Crippen LogP contribution >= 0.6 is 0 Å². The van der Waals surface area contributed by atoms with Crippen LogP contribution in [0.2, 0.25) is 0 Å². The second-order valence-corrected chi connectivity index (χ2v) is 8.18. The average molecular weight is 272 g/mol. The minimum absolute atomic E-state index is 0.517. The number of hydrogen-bond acceptors (Lipinski definition) is 2. The van der Waals surface area contributed by atoms with E-state index in [-0.39, 0.29) is 0 Å². The van der Waals surface area contributed by atoms with Gasteiger partial charge in [-0.05, 0) is 54.2 Å². The highest BCUT2D eigenvalue weighted by molar-refractivity contribution is 5.40. The van der Waals surface area contributed by atoms with Crippen LogP contribution in [-0.4, -0.2) is 24.0 Å². The van der Waals surface area contributed by atoms with Gasteiger partial charge in [0, 0.05) is 24.8 Å². The van der Waals surface area contributed by atoms with Crippen LogP contribution in [0.15, 0.2) is 24.3 Å². The zero-order valence-corrected chi connectivity index (χ0v) is 13.2. The Morgan fingerprint density at radius 2 is 2.05 bits per heavy atom. The van der Waals surface area contributed by atoms with E-state index in [1.54, 1.807) is 0 Å². The summed E-state index contributed by atoms with van der Waals surface area (Å²) in [4.78, 5) is 2.73. The van der Waals surface area contributed by atoms with Gasteiger partial charge in [-0.3, -0.25) is 4.90 Å². The molecule has 1 aliphatic carbocycles. The Labute approximate surface area is 123 Å². The molecule has 0 radical (unpaired) electrons. The number of rotatable bonds is 3. The summed E-state index contributed by atoms with van der Waals surface area (Å²) in [6.45, 7) is 9.84. The number of nitrogens with two attached hydrogens (primary N) is 1. The van der Waals surface area contributed by atoms with Crippen LogP contribution in [0, 0.1) is 10.8 Å². The van der Waals surface area contributed by atoms with E-state index in [0.717, 1.165) is 18.2 Å². The van der Waals surface area contributed by atoms with Crippen LogP contribution in [0.3, 0.4) is 0 Å². The van der Waals surface area contributed by atoms with Gasteiger partial charge in [0.1, 0.15) is 0 Å². The van der Waals surface area contributed by atoms with E-state index in [4.69, 9.17) is 5.73 Å². The van der Waals surface area contributed by atoms with Crippen molar-refractivity contribution in [2.45, 2.75) is 52.5 Å². The molecule has 2 N–H and O–H groups in total. The summed E-state index contributed by atoms with van der Waals surface area (Å²) in [7, 11) is 0. The van der Waals surface area contributed by atoms with Crippen molar-refractivity contribution in [3.8, 4) is 0 Å². The Morgan fingerprint density at radius 1 is 1.25 bits per heavy atom. The number of likely N-dealkylation sites (tertiary alicyclic amines) is 1. The second kappa shape index (κ2) is 4.77. The van der Waals surface area contributed by atoms with E-state index < -0.39 is 0 Å². The molecule has 0 spiro atoms. The van der Waals surface area contributed by atoms with Crippen LogP contribution < -0.4 is 5.73 Å². The van der Waals surface area contributed by atoms with Crippen molar-refractivity contribution >= 4 is 5.69 Å². The molecule has 1 aliphatic heterocycles. The van der Waals surface area contributed by atoms with Crippen molar-refractivity contribution in [3.63, 3.8) is 0 Å². The first-order valence-corrected chi connectivity index (χ1v) is 7.94. The molecule has 1 saturated carbocycles. The molecular formula is C18H28N2. The molecule has 110 valence electrons. The summed E-state index contributed by atoms with van der Waals surface area (Å²) in [5.41, 5.74) is 9.19. The lowest BCUT2D eigenvalue weighted by molar-refractivity contribution is 0.127. The maximum atomic E-state index is 5.87. The first-order valence-electron chi connectivity index (χ1n) is 7.94. The predicted octanol–water partition coefficient (Wildman–Crippen LogP) is 3.71. The third-order valence-corrected chi connectivity index (χ3v) is 5.16. The van der Waals surface area contributed by atoms with Gasteiger partial charge in [0.25, 0.3) is 0 Å². The fraction of sp³-hybridized carbons (Fsp3) is 0.667. The minimum Gasteiger partial charge on any atom is -0.399 e. The van der Waals surface area contributed by atoms with Crippen molar-refractivity contribution in [1.29, 1.82) is 0 Å². The predicted molar refractivity (Wildman–Crippen MR) is 85.7 cm³/mol. The largest absolute Gasteiger partial charge is 0.399 e. The molecule has 0 amide bonds. The number of nitrogen functional groups attached to an aromatic ring is 1. The quantitative estimate of drug-likeness (QED) is 0.850. The maximum Gasteiger partial charge on any atom is 0.0316 e. The summed E-state index contributed by atoms with van der Waals surface area (Å²) in [6, 6.07) is 9.15. The molecule has 1 saturated heterocycles. The number of fused-ring (bicyclic) bond motifs is 2. The topological polar surface area (TPSA) is 29.3 Å². The summed E-state index contributed by atoms with van der Waals surface area (Å²) in [5.74, 6) is 0. The molecule has 2 fully saturated rings. The Morgan fingerprint density at radius 3 is 2.80 bits per heavy atom. The van der Waals surface area contributed by atoms with Gasteiger partial charge in [-0.1, -0.05) is 32.9 Å². The van der Waals surface area contributed by atoms with Crippen LogP contribution in [0.1, 0.15) is 45.6 Å². The van der Waals surface area contributed by atoms with E-state index in [1.807, 2.05) is 6.07 Å². The molecule has 3 rings (SSSR count). The summed E-state index contributed by atoms with van der Waals surface area (Å²) >= 11 is 0. The van der Waals surface area contributed by atoms with Gasteiger partial charge in [0.05, 0.1) is 0 Å². The monoisotopic (exact) mass is 272 g/mol. The van der Waals surface area contributed by atoms with Gasteiger partial charge in [0.15, 0.2) is 0 Å². The van der Waals surface area contributed by atoms with Crippen molar-refractivity contribution in [2.75, 3.05) is 18.8 Å². The van der Waals surface area contributed by atoms with Crippen molar-refractivity contribution < 1.29 is 0 Å². The molecule has 20 heavy (non-hydrogen) atoms. The number of anilines is 1. The molecule has 2 nitrogen and oxygen atoms in total. The maximum absolute atomic E-state index is 5.87. The van der Waals surface area contributed by atoms with Crippen LogP contribution in [-0.2, 0) is 6.42 Å². The van der Waals surface area contributed by atoms with Crippen molar-refractivity contribution in [1.82, 2.24) is 4.90 Å². The van der Waals surface area contributed by atoms with Crippen LogP contribution in [0.4, 0.5) is 5.69 Å². The molecule has 0 aromatic heterocycles. The molecule has 2 heteroatoms. The molecule has 2 bridgehead atoms. The number of nitrogens with zero attached hydrogens (tertiary/aromatic N) is 1. The molecule has 1 aromatic rings. The van der Waals surface area contributed by atoms with E-state index >= 15 is 0 Å². The van der Waals surface area contributed by atoms with Gasteiger partial charge in [-0.15, -0.1) is 0 Å². The lowest BCUT2D eigenvalue weighted by atomic mass is 9.65.